The monoisotopic (exact) mass is 531 g/mol. The number of phenols is 1. The van der Waals surface area contributed by atoms with Crippen molar-refractivity contribution in [1.29, 1.82) is 0 Å². The number of phenolic OH excluding ortho intramolecular Hbond substituents is 1. The van der Waals surface area contributed by atoms with Crippen LogP contribution in [-0.2, 0) is 6.18 Å². The van der Waals surface area contributed by atoms with Crippen LogP contribution in [0.2, 0.25) is 0 Å². The quantitative estimate of drug-likeness (QED) is 0.458. The fraction of sp³-hybridized carbons (Fsp3) is 0.480. The lowest BCUT2D eigenvalue weighted by molar-refractivity contribution is -0.142. The van der Waals surface area contributed by atoms with Crippen molar-refractivity contribution in [2.75, 3.05) is 12.0 Å². The number of nitrogens with one attached hydrogen (secondary N) is 1. The highest BCUT2D eigenvalue weighted by atomic mass is 19.4. The lowest BCUT2D eigenvalue weighted by atomic mass is 9.96. The summed E-state index contributed by atoms with van der Waals surface area (Å²) in [4.78, 5) is 13.8. The van der Waals surface area contributed by atoms with Crippen molar-refractivity contribution in [3.05, 3.63) is 36.3 Å². The molecule has 4 heterocycles. The van der Waals surface area contributed by atoms with Crippen molar-refractivity contribution in [3.63, 3.8) is 0 Å². The molecule has 1 saturated carbocycles. The largest absolute Gasteiger partial charge is 0.507 e. The summed E-state index contributed by atoms with van der Waals surface area (Å²) < 4.78 is 59.3. The van der Waals surface area contributed by atoms with Gasteiger partial charge in [0.1, 0.15) is 17.6 Å². The van der Waals surface area contributed by atoms with E-state index in [2.05, 4.69) is 30.5 Å². The topological polar surface area (TPSA) is 109 Å². The molecule has 0 amide bonds. The molecule has 9 nitrogen and oxygen atoms in total. The number of ether oxygens (including phenoxy) is 1. The Balaban J connectivity index is 1.25. The summed E-state index contributed by atoms with van der Waals surface area (Å²) in [6.45, 7) is 0. The predicted octanol–water partition coefficient (Wildman–Crippen LogP) is 3.93. The van der Waals surface area contributed by atoms with Crippen LogP contribution in [0.25, 0.3) is 22.5 Å². The predicted molar refractivity (Wildman–Crippen MR) is 128 cm³/mol. The van der Waals surface area contributed by atoms with Crippen molar-refractivity contribution in [2.45, 2.75) is 68.6 Å². The highest BCUT2D eigenvalue weighted by molar-refractivity contribution is 5.72. The highest BCUT2D eigenvalue weighted by Crippen LogP contribution is 2.40. The lowest BCUT2D eigenvalue weighted by Gasteiger charge is -2.40. The Kier molecular flexibility index (Phi) is 6.04. The van der Waals surface area contributed by atoms with Crippen LogP contribution in [0.1, 0.15) is 37.8 Å². The molecule has 38 heavy (non-hydrogen) atoms. The van der Waals surface area contributed by atoms with E-state index in [4.69, 9.17) is 4.74 Å². The number of nitrogens with zero attached hydrogens (tertiary/aromatic N) is 6. The van der Waals surface area contributed by atoms with Gasteiger partial charge >= 0.3 is 6.18 Å². The van der Waals surface area contributed by atoms with E-state index >= 15 is 4.39 Å². The van der Waals surface area contributed by atoms with Crippen LogP contribution in [0.4, 0.5) is 23.5 Å². The summed E-state index contributed by atoms with van der Waals surface area (Å²) in [6, 6.07) is 4.50. The van der Waals surface area contributed by atoms with E-state index in [1.165, 1.54) is 12.3 Å². The number of methoxy groups -OCH3 is 1. The summed E-state index contributed by atoms with van der Waals surface area (Å²) in [5.74, 6) is -0.486. The molecule has 2 bridgehead atoms. The Bertz CT molecular complexity index is 1340. The second kappa shape index (κ2) is 9.29. The van der Waals surface area contributed by atoms with Crippen molar-refractivity contribution < 1.29 is 27.4 Å². The number of alkyl halides is 4. The third kappa shape index (κ3) is 4.48. The molecule has 2 aromatic heterocycles. The molecule has 1 unspecified atom stereocenters. The summed E-state index contributed by atoms with van der Waals surface area (Å²) in [5.41, 5.74) is -0.187. The number of anilines is 1. The van der Waals surface area contributed by atoms with Crippen LogP contribution in [0.15, 0.2) is 30.6 Å². The highest BCUT2D eigenvalue weighted by Gasteiger charge is 2.48. The number of fused-ring (bicyclic) bond motifs is 2. The Morgan fingerprint density at radius 2 is 1.84 bits per heavy atom. The van der Waals surface area contributed by atoms with Crippen LogP contribution < -0.4 is 15.0 Å². The molecule has 2 saturated heterocycles. The van der Waals surface area contributed by atoms with Gasteiger partial charge < -0.3 is 20.1 Å². The van der Waals surface area contributed by atoms with Gasteiger partial charge in [-0.3, -0.25) is 0 Å². The van der Waals surface area contributed by atoms with E-state index in [0.717, 1.165) is 39.0 Å². The first-order valence-corrected chi connectivity index (χ1v) is 12.4. The molecule has 3 aliphatic rings. The Morgan fingerprint density at radius 1 is 1.05 bits per heavy atom. The molecule has 1 aromatic carbocycles. The van der Waals surface area contributed by atoms with E-state index in [0.29, 0.717) is 35.2 Å². The maximum absolute atomic E-state index is 15.3. The number of rotatable bonds is 6. The van der Waals surface area contributed by atoms with Crippen LogP contribution in [0, 0.1) is 0 Å². The number of hydrogen-bond donors (Lipinski definition) is 2. The van der Waals surface area contributed by atoms with Gasteiger partial charge in [-0.15, -0.1) is 10.2 Å². The molecule has 3 fully saturated rings. The van der Waals surface area contributed by atoms with E-state index in [1.54, 1.807) is 12.1 Å². The zero-order valence-corrected chi connectivity index (χ0v) is 20.4. The first kappa shape index (κ1) is 24.7. The molecule has 4 atom stereocenters. The zero-order valence-electron chi connectivity index (χ0n) is 20.4. The summed E-state index contributed by atoms with van der Waals surface area (Å²) in [6.07, 6.45) is 1.13. The first-order chi connectivity index (χ1) is 18.2. The normalized spacial score (nSPS) is 24.9. The van der Waals surface area contributed by atoms with Crippen LogP contribution in [0.3, 0.4) is 0 Å². The van der Waals surface area contributed by atoms with Gasteiger partial charge in [0.2, 0.25) is 17.5 Å². The smallest absolute Gasteiger partial charge is 0.438 e. The van der Waals surface area contributed by atoms with Gasteiger partial charge in [0.25, 0.3) is 0 Å². The summed E-state index contributed by atoms with van der Waals surface area (Å²) in [5, 5.41) is 22.6. The Hall–Kier alpha value is -3.61. The molecule has 200 valence electrons. The zero-order chi connectivity index (χ0) is 26.6. The lowest BCUT2D eigenvalue weighted by Crippen LogP contribution is -2.57. The van der Waals surface area contributed by atoms with E-state index in [9.17, 15) is 18.3 Å². The number of hydrogen-bond acceptors (Lipinski definition) is 9. The molecule has 0 spiro atoms. The number of aromatic hydroxyl groups is 1. The molecule has 0 radical (unpaired) electrons. The fourth-order valence-electron chi connectivity index (χ4n) is 5.45. The van der Waals surface area contributed by atoms with Crippen molar-refractivity contribution in [1.82, 2.24) is 30.5 Å². The summed E-state index contributed by atoms with van der Waals surface area (Å²) in [7, 11) is 1.08. The molecule has 6 rings (SSSR count). The van der Waals surface area contributed by atoms with Gasteiger partial charge in [-0.25, -0.2) is 19.3 Å². The SMILES string of the molecule is COc1nc(-c2ccc(-c3cnc(N(C4CC4)[C@H]4CC5CC[C@@H](N5)[C@H]4F)nn3)c(O)c2)cnc1C(F)(F)F. The second-order valence-corrected chi connectivity index (χ2v) is 9.92. The van der Waals surface area contributed by atoms with Crippen LogP contribution in [-0.4, -0.2) is 67.7 Å². The maximum atomic E-state index is 15.3. The minimum absolute atomic E-state index is 0.0908. The fourth-order valence-corrected chi connectivity index (χ4v) is 5.45. The molecule has 13 heteroatoms. The first-order valence-electron chi connectivity index (χ1n) is 12.4. The standard InChI is InChI=1S/C25H25F4N7O2/c1-38-23-22(25(27,28)29)30-10-17(33-23)12-2-6-15(20(37)8-12)18-11-31-24(35-34-18)36(14-4-5-14)19-9-13-3-7-16(32-13)21(19)26/h2,6,8,10-11,13-14,16,19,21,32,37H,3-5,7,9H2,1H3/t13?,16-,19+,21-/m1/s1. The summed E-state index contributed by atoms with van der Waals surface area (Å²) >= 11 is 0. The molecule has 1 aliphatic carbocycles. The number of piperidine rings is 1. The third-order valence-electron chi connectivity index (χ3n) is 7.40. The van der Waals surface area contributed by atoms with Gasteiger partial charge in [0, 0.05) is 29.3 Å². The van der Waals surface area contributed by atoms with E-state index < -0.39 is 23.9 Å². The molecule has 2 aliphatic heterocycles. The average Bonchev–Trinajstić information content (AvgIpc) is 3.66. The third-order valence-corrected chi connectivity index (χ3v) is 7.40. The van der Waals surface area contributed by atoms with Gasteiger partial charge in [-0.05, 0) is 44.2 Å². The Labute approximate surface area is 215 Å². The molecule has 3 aromatic rings. The molecular formula is C25H25F4N7O2. The average molecular weight is 532 g/mol. The van der Waals surface area contributed by atoms with Crippen molar-refractivity contribution >= 4 is 5.95 Å². The number of halogens is 4. The second-order valence-electron chi connectivity index (χ2n) is 9.92. The minimum atomic E-state index is -4.71. The van der Waals surface area contributed by atoms with Crippen LogP contribution >= 0.6 is 0 Å². The van der Waals surface area contributed by atoms with Crippen LogP contribution in [0.5, 0.6) is 11.6 Å². The van der Waals surface area contributed by atoms with Gasteiger partial charge in [-0.2, -0.15) is 13.2 Å². The minimum Gasteiger partial charge on any atom is -0.507 e. The number of aromatic nitrogens is 5. The van der Waals surface area contributed by atoms with Gasteiger partial charge in [0.05, 0.1) is 31.2 Å². The van der Waals surface area contributed by atoms with E-state index in [1.807, 2.05) is 4.90 Å². The maximum Gasteiger partial charge on any atom is 0.438 e. The number of benzene rings is 1. The Morgan fingerprint density at radius 3 is 2.50 bits per heavy atom. The van der Waals surface area contributed by atoms with Crippen molar-refractivity contribution in [2.24, 2.45) is 0 Å². The van der Waals surface area contributed by atoms with Gasteiger partial charge in [-0.1, -0.05) is 6.07 Å². The molecule has 2 N–H and O–H groups in total. The van der Waals surface area contributed by atoms with E-state index in [-0.39, 0.29) is 29.6 Å². The van der Waals surface area contributed by atoms with Gasteiger partial charge in [0.15, 0.2) is 0 Å². The molecular weight excluding hydrogens is 506 g/mol. The van der Waals surface area contributed by atoms with Crippen molar-refractivity contribution in [3.8, 4) is 34.1 Å².